The van der Waals surface area contributed by atoms with Crippen LogP contribution in [0.15, 0.2) is 30.9 Å². The molecular formula is C16H18N6O2. The number of carbonyl (C=O) groups is 1. The third kappa shape index (κ3) is 3.52. The van der Waals surface area contributed by atoms with Crippen LogP contribution in [0.1, 0.15) is 11.3 Å². The summed E-state index contributed by atoms with van der Waals surface area (Å²) < 4.78 is 0. The smallest absolute Gasteiger partial charge is 0.228 e. The van der Waals surface area contributed by atoms with E-state index in [-0.39, 0.29) is 18.9 Å². The molecule has 2 aromatic heterocycles. The minimum absolute atomic E-state index is 0.0679. The molecule has 2 aromatic rings. The first kappa shape index (κ1) is 16.0. The lowest BCUT2D eigenvalue weighted by atomic mass is 10.2. The van der Waals surface area contributed by atoms with Crippen molar-refractivity contribution in [3.05, 3.63) is 42.1 Å². The van der Waals surface area contributed by atoms with E-state index < -0.39 is 6.10 Å². The zero-order chi connectivity index (χ0) is 16.9. The number of imidazole rings is 1. The number of aromatic amines is 1. The van der Waals surface area contributed by atoms with Gasteiger partial charge in [-0.05, 0) is 12.1 Å². The maximum absolute atomic E-state index is 12.4. The monoisotopic (exact) mass is 326 g/mol. The molecule has 1 fully saturated rings. The molecule has 0 spiro atoms. The van der Waals surface area contributed by atoms with E-state index in [1.165, 1.54) is 6.33 Å². The van der Waals surface area contributed by atoms with Gasteiger partial charge < -0.3 is 19.9 Å². The number of anilines is 1. The molecule has 0 aliphatic carbocycles. The molecule has 8 heteroatoms. The van der Waals surface area contributed by atoms with Crippen LogP contribution >= 0.6 is 0 Å². The van der Waals surface area contributed by atoms with Crippen LogP contribution in [0.3, 0.4) is 0 Å². The Bertz CT molecular complexity index is 739. The van der Waals surface area contributed by atoms with Crippen molar-refractivity contribution >= 4 is 11.7 Å². The van der Waals surface area contributed by atoms with Gasteiger partial charge in [0.25, 0.3) is 0 Å². The predicted octanol–water partition coefficient (Wildman–Crippen LogP) is -0.0714. The van der Waals surface area contributed by atoms with E-state index in [1.54, 1.807) is 29.4 Å². The van der Waals surface area contributed by atoms with E-state index in [4.69, 9.17) is 0 Å². The van der Waals surface area contributed by atoms with Gasteiger partial charge in [0.1, 0.15) is 11.9 Å². The molecule has 24 heavy (non-hydrogen) atoms. The second-order valence-electron chi connectivity index (χ2n) is 5.68. The number of carbonyl (C=O) groups excluding carboxylic acids is 1. The average molecular weight is 326 g/mol. The number of H-pyrrole nitrogens is 1. The summed E-state index contributed by atoms with van der Waals surface area (Å²) in [6.07, 6.45) is 4.29. The number of amides is 1. The molecule has 1 aliphatic rings. The number of aliphatic hydroxyl groups is 1. The molecule has 1 amide bonds. The Hall–Kier alpha value is -2.92. The zero-order valence-corrected chi connectivity index (χ0v) is 13.1. The normalized spacial score (nSPS) is 18.1. The van der Waals surface area contributed by atoms with E-state index in [0.29, 0.717) is 31.0 Å². The van der Waals surface area contributed by atoms with E-state index in [0.717, 1.165) is 5.69 Å². The topological polar surface area (TPSA) is 109 Å². The number of aromatic nitrogens is 3. The highest BCUT2D eigenvalue weighted by atomic mass is 16.3. The van der Waals surface area contributed by atoms with Crippen molar-refractivity contribution in [3.8, 4) is 6.07 Å². The third-order valence-corrected chi connectivity index (χ3v) is 3.96. The number of aliphatic hydroxyl groups excluding tert-OH is 1. The molecule has 0 radical (unpaired) electrons. The van der Waals surface area contributed by atoms with Crippen molar-refractivity contribution < 1.29 is 9.90 Å². The van der Waals surface area contributed by atoms with Gasteiger partial charge >= 0.3 is 0 Å². The molecule has 8 nitrogen and oxygen atoms in total. The van der Waals surface area contributed by atoms with E-state index in [2.05, 4.69) is 21.0 Å². The van der Waals surface area contributed by atoms with E-state index in [1.807, 2.05) is 4.90 Å². The summed E-state index contributed by atoms with van der Waals surface area (Å²) in [5.74, 6) is 0.476. The molecule has 0 aromatic carbocycles. The lowest BCUT2D eigenvalue weighted by Crippen LogP contribution is -2.38. The molecule has 1 aliphatic heterocycles. The van der Waals surface area contributed by atoms with Crippen molar-refractivity contribution in [2.45, 2.75) is 12.5 Å². The molecule has 1 saturated heterocycles. The predicted molar refractivity (Wildman–Crippen MR) is 86.0 cm³/mol. The molecule has 0 bridgehead atoms. The van der Waals surface area contributed by atoms with Gasteiger partial charge in [0.05, 0.1) is 24.4 Å². The summed E-state index contributed by atoms with van der Waals surface area (Å²) in [7, 11) is 0. The molecular weight excluding hydrogens is 308 g/mol. The number of β-amino-alcohol motifs (C(OH)–C–C–N with tert-alkyl or cyclic N) is 1. The first-order valence-corrected chi connectivity index (χ1v) is 7.70. The zero-order valence-electron chi connectivity index (χ0n) is 13.1. The minimum Gasteiger partial charge on any atom is -0.389 e. The summed E-state index contributed by atoms with van der Waals surface area (Å²) in [5.41, 5.74) is 1.20. The summed E-state index contributed by atoms with van der Waals surface area (Å²) in [4.78, 5) is 27.0. The van der Waals surface area contributed by atoms with Crippen LogP contribution in [0.2, 0.25) is 0 Å². The van der Waals surface area contributed by atoms with Crippen molar-refractivity contribution in [1.29, 1.82) is 5.26 Å². The Balaban J connectivity index is 1.71. The molecule has 3 rings (SSSR count). The largest absolute Gasteiger partial charge is 0.389 e. The van der Waals surface area contributed by atoms with Crippen LogP contribution in [0.5, 0.6) is 0 Å². The van der Waals surface area contributed by atoms with Crippen LogP contribution in [0.25, 0.3) is 0 Å². The number of nitriles is 1. The van der Waals surface area contributed by atoms with Gasteiger partial charge in [0, 0.05) is 44.3 Å². The number of nitrogens with zero attached hydrogens (tertiary/aromatic N) is 5. The van der Waals surface area contributed by atoms with Gasteiger partial charge in [-0.2, -0.15) is 5.26 Å². The van der Waals surface area contributed by atoms with Crippen molar-refractivity contribution in [2.24, 2.45) is 0 Å². The summed E-state index contributed by atoms with van der Waals surface area (Å²) >= 11 is 0. The maximum Gasteiger partial charge on any atom is 0.228 e. The quantitative estimate of drug-likeness (QED) is 0.817. The van der Waals surface area contributed by atoms with Gasteiger partial charge in [-0.25, -0.2) is 9.97 Å². The van der Waals surface area contributed by atoms with E-state index >= 15 is 0 Å². The first-order chi connectivity index (χ1) is 11.7. The highest BCUT2D eigenvalue weighted by molar-refractivity contribution is 5.78. The summed E-state index contributed by atoms with van der Waals surface area (Å²) in [6.45, 7) is 1.57. The SMILES string of the molecule is N#Cc1cccnc1N1CCN(C(=O)Cc2cnc[nH]2)CC(O)C1. The molecule has 124 valence electrons. The standard InChI is InChI=1S/C16H18N6O2/c17-7-12-2-1-3-19-16(12)22-5-4-21(9-14(23)10-22)15(24)6-13-8-18-11-20-13/h1-3,8,11,14,23H,4-6,9-10H2,(H,18,20). The summed E-state index contributed by atoms with van der Waals surface area (Å²) in [5, 5.41) is 19.5. The molecule has 3 heterocycles. The molecule has 0 saturated carbocycles. The van der Waals surface area contributed by atoms with Crippen molar-refractivity contribution in [1.82, 2.24) is 19.9 Å². The number of rotatable bonds is 3. The molecule has 1 unspecified atom stereocenters. The lowest BCUT2D eigenvalue weighted by Gasteiger charge is -2.23. The number of hydrogen-bond acceptors (Lipinski definition) is 6. The summed E-state index contributed by atoms with van der Waals surface area (Å²) in [6, 6.07) is 5.51. The molecule has 1 atom stereocenters. The highest BCUT2D eigenvalue weighted by Gasteiger charge is 2.26. The van der Waals surface area contributed by atoms with Gasteiger partial charge in [-0.1, -0.05) is 0 Å². The fourth-order valence-corrected chi connectivity index (χ4v) is 2.80. The van der Waals surface area contributed by atoms with Gasteiger partial charge in [0.2, 0.25) is 5.91 Å². The number of pyridine rings is 1. The average Bonchev–Trinajstić information content (AvgIpc) is 3.01. The van der Waals surface area contributed by atoms with Crippen molar-refractivity contribution in [3.63, 3.8) is 0 Å². The third-order valence-electron chi connectivity index (χ3n) is 3.96. The Morgan fingerprint density at radius 3 is 3.08 bits per heavy atom. The second-order valence-corrected chi connectivity index (χ2v) is 5.68. The Morgan fingerprint density at radius 2 is 2.33 bits per heavy atom. The maximum atomic E-state index is 12.4. The Kier molecular flexibility index (Phi) is 4.72. The van der Waals surface area contributed by atoms with Crippen LogP contribution in [-0.4, -0.2) is 63.1 Å². The first-order valence-electron chi connectivity index (χ1n) is 7.70. The lowest BCUT2D eigenvalue weighted by molar-refractivity contribution is -0.131. The minimum atomic E-state index is -0.702. The van der Waals surface area contributed by atoms with Crippen LogP contribution < -0.4 is 4.90 Å². The van der Waals surface area contributed by atoms with Gasteiger partial charge in [-0.15, -0.1) is 0 Å². The second kappa shape index (κ2) is 7.10. The highest BCUT2D eigenvalue weighted by Crippen LogP contribution is 2.18. The van der Waals surface area contributed by atoms with Crippen LogP contribution in [0, 0.1) is 11.3 Å². The van der Waals surface area contributed by atoms with Gasteiger partial charge in [-0.3, -0.25) is 4.79 Å². The van der Waals surface area contributed by atoms with Gasteiger partial charge in [0.15, 0.2) is 0 Å². The number of nitrogens with one attached hydrogen (secondary N) is 1. The Morgan fingerprint density at radius 1 is 1.46 bits per heavy atom. The van der Waals surface area contributed by atoms with Crippen molar-refractivity contribution in [2.75, 3.05) is 31.1 Å². The van der Waals surface area contributed by atoms with E-state index in [9.17, 15) is 15.2 Å². The van der Waals surface area contributed by atoms with Crippen LogP contribution in [-0.2, 0) is 11.2 Å². The number of hydrogen-bond donors (Lipinski definition) is 2. The fraction of sp³-hybridized carbons (Fsp3) is 0.375. The fourth-order valence-electron chi connectivity index (χ4n) is 2.80. The Labute approximate surface area is 139 Å². The molecule has 2 N–H and O–H groups in total. The van der Waals surface area contributed by atoms with Crippen LogP contribution in [0.4, 0.5) is 5.82 Å².